The van der Waals surface area contributed by atoms with Gasteiger partial charge in [0.25, 0.3) is 0 Å². The third-order valence-electron chi connectivity index (χ3n) is 9.96. The van der Waals surface area contributed by atoms with E-state index in [4.69, 9.17) is 26.3 Å². The Morgan fingerprint density at radius 1 is 1.08 bits per heavy atom. The number of rotatable bonds is 5. The quantitative estimate of drug-likeness (QED) is 0.616. The minimum absolute atomic E-state index is 0.137. The monoisotopic (exact) mass is 521 g/mol. The molecule has 3 aliphatic heterocycles. The maximum absolute atomic E-state index is 6.63. The van der Waals surface area contributed by atoms with Crippen LogP contribution in [-0.2, 0) is 24.7 Å². The van der Waals surface area contributed by atoms with E-state index in [0.29, 0.717) is 36.8 Å². The standard InChI is InChI=1S/C30H40ClN5O/c1-19(2)36-14-4-5-22(36)18-37-29-33-27-15-30(12-10-23-25(30)6-3-7-26(23)31)13-11-24(27)28(34-29)35-16-20-8-9-21(17-35)32-20/h3,6-7,19-22,32H,4-5,8-18H2,1-2H3/t20?,21?,22-,30?/m0/s1. The summed E-state index contributed by atoms with van der Waals surface area (Å²) in [6, 6.07) is 9.21. The van der Waals surface area contributed by atoms with Crippen LogP contribution in [0.25, 0.3) is 0 Å². The minimum atomic E-state index is 0.137. The molecular formula is C30H40ClN5O. The van der Waals surface area contributed by atoms with Crippen molar-refractivity contribution in [1.29, 1.82) is 0 Å². The van der Waals surface area contributed by atoms with Gasteiger partial charge in [-0.1, -0.05) is 23.7 Å². The molecule has 37 heavy (non-hydrogen) atoms. The van der Waals surface area contributed by atoms with Crippen molar-refractivity contribution in [3.63, 3.8) is 0 Å². The molecule has 5 aliphatic rings. The number of piperazine rings is 1. The highest BCUT2D eigenvalue weighted by atomic mass is 35.5. The van der Waals surface area contributed by atoms with Crippen molar-refractivity contribution in [1.82, 2.24) is 20.2 Å². The van der Waals surface area contributed by atoms with Crippen molar-refractivity contribution in [3.05, 3.63) is 45.6 Å². The number of hydrogen-bond donors (Lipinski definition) is 1. The number of nitrogens with zero attached hydrogens (tertiary/aromatic N) is 4. The summed E-state index contributed by atoms with van der Waals surface area (Å²) in [6.45, 7) is 8.48. The average molecular weight is 522 g/mol. The number of aromatic nitrogens is 2. The van der Waals surface area contributed by atoms with Gasteiger partial charge in [0.1, 0.15) is 12.4 Å². The van der Waals surface area contributed by atoms with Crippen LogP contribution in [0.3, 0.4) is 0 Å². The molecule has 1 aromatic carbocycles. The predicted octanol–water partition coefficient (Wildman–Crippen LogP) is 4.70. The molecule has 198 valence electrons. The van der Waals surface area contributed by atoms with Crippen molar-refractivity contribution >= 4 is 17.4 Å². The molecule has 1 aromatic heterocycles. The lowest BCUT2D eigenvalue weighted by Crippen LogP contribution is -2.52. The molecule has 7 heteroatoms. The van der Waals surface area contributed by atoms with E-state index in [1.165, 1.54) is 48.1 Å². The summed E-state index contributed by atoms with van der Waals surface area (Å²) in [5.74, 6) is 1.14. The molecule has 2 aromatic rings. The third-order valence-corrected chi connectivity index (χ3v) is 10.3. The molecule has 3 unspecified atom stereocenters. The van der Waals surface area contributed by atoms with Gasteiger partial charge in [0.05, 0.1) is 5.69 Å². The fraction of sp³-hybridized carbons (Fsp3) is 0.667. The second-order valence-electron chi connectivity index (χ2n) is 12.5. The zero-order valence-electron chi connectivity index (χ0n) is 22.3. The number of ether oxygens (including phenoxy) is 1. The molecule has 2 bridgehead atoms. The van der Waals surface area contributed by atoms with Crippen molar-refractivity contribution < 1.29 is 4.74 Å². The van der Waals surface area contributed by atoms with Gasteiger partial charge in [-0.15, -0.1) is 0 Å². The second-order valence-corrected chi connectivity index (χ2v) is 12.9. The number of halogens is 1. The highest BCUT2D eigenvalue weighted by molar-refractivity contribution is 6.31. The Labute approximate surface area is 226 Å². The van der Waals surface area contributed by atoms with Gasteiger partial charge in [0.15, 0.2) is 0 Å². The van der Waals surface area contributed by atoms with Gasteiger partial charge in [0, 0.05) is 53.3 Å². The molecule has 1 N–H and O–H groups in total. The lowest BCUT2D eigenvalue weighted by Gasteiger charge is -2.39. The van der Waals surface area contributed by atoms with E-state index in [1.54, 1.807) is 0 Å². The van der Waals surface area contributed by atoms with Crippen molar-refractivity contribution in [3.8, 4) is 6.01 Å². The van der Waals surface area contributed by atoms with Gasteiger partial charge >= 0.3 is 6.01 Å². The smallest absolute Gasteiger partial charge is 0.318 e. The molecule has 0 radical (unpaired) electrons. The Bertz CT molecular complexity index is 1170. The van der Waals surface area contributed by atoms with Crippen LogP contribution in [0.2, 0.25) is 5.02 Å². The first-order chi connectivity index (χ1) is 18.0. The molecule has 1 spiro atoms. The fourth-order valence-electron chi connectivity index (χ4n) is 8.11. The highest BCUT2D eigenvalue weighted by Crippen LogP contribution is 2.50. The van der Waals surface area contributed by atoms with Crippen LogP contribution in [0, 0.1) is 0 Å². The molecule has 3 saturated heterocycles. The van der Waals surface area contributed by atoms with Gasteiger partial charge in [-0.3, -0.25) is 4.90 Å². The number of likely N-dealkylation sites (tertiary alicyclic amines) is 1. The Hall–Kier alpha value is -1.89. The van der Waals surface area contributed by atoms with Crippen LogP contribution in [-0.4, -0.2) is 65.3 Å². The SMILES string of the molecule is CC(C)N1CCC[C@H]1COc1nc2c(c(N3CC4CCC(C3)N4)n1)CCC1(CCc3c(Cl)cccc31)C2. The number of hydrogen-bond acceptors (Lipinski definition) is 6. The Kier molecular flexibility index (Phi) is 6.13. The van der Waals surface area contributed by atoms with Crippen LogP contribution in [0.15, 0.2) is 18.2 Å². The fourth-order valence-corrected chi connectivity index (χ4v) is 8.37. The summed E-state index contributed by atoms with van der Waals surface area (Å²) in [7, 11) is 0. The molecule has 7 rings (SSSR count). The summed E-state index contributed by atoms with van der Waals surface area (Å²) in [5.41, 5.74) is 5.51. The lowest BCUT2D eigenvalue weighted by atomic mass is 9.69. The summed E-state index contributed by atoms with van der Waals surface area (Å²) in [5, 5.41) is 4.71. The Morgan fingerprint density at radius 3 is 2.65 bits per heavy atom. The zero-order chi connectivity index (χ0) is 25.1. The minimum Gasteiger partial charge on any atom is -0.462 e. The summed E-state index contributed by atoms with van der Waals surface area (Å²) in [4.78, 5) is 15.4. The number of nitrogens with one attached hydrogen (secondary N) is 1. The molecule has 0 saturated carbocycles. The molecule has 2 aliphatic carbocycles. The van der Waals surface area contributed by atoms with Crippen LogP contribution < -0.4 is 15.0 Å². The lowest BCUT2D eigenvalue weighted by molar-refractivity contribution is 0.138. The van der Waals surface area contributed by atoms with E-state index < -0.39 is 0 Å². The normalized spacial score (nSPS) is 30.8. The Balaban J connectivity index is 1.22. The van der Waals surface area contributed by atoms with E-state index in [2.05, 4.69) is 41.1 Å². The molecule has 3 fully saturated rings. The van der Waals surface area contributed by atoms with E-state index in [0.717, 1.165) is 62.6 Å². The van der Waals surface area contributed by atoms with E-state index in [-0.39, 0.29) is 5.41 Å². The van der Waals surface area contributed by atoms with E-state index in [1.807, 2.05) is 6.07 Å². The van der Waals surface area contributed by atoms with E-state index in [9.17, 15) is 0 Å². The number of benzene rings is 1. The van der Waals surface area contributed by atoms with Crippen LogP contribution in [0.1, 0.15) is 74.8 Å². The van der Waals surface area contributed by atoms with Gasteiger partial charge in [-0.25, -0.2) is 0 Å². The van der Waals surface area contributed by atoms with Crippen LogP contribution in [0.4, 0.5) is 5.82 Å². The maximum atomic E-state index is 6.63. The number of anilines is 1. The van der Waals surface area contributed by atoms with Crippen LogP contribution in [0.5, 0.6) is 6.01 Å². The van der Waals surface area contributed by atoms with Gasteiger partial charge < -0.3 is 15.0 Å². The van der Waals surface area contributed by atoms with Gasteiger partial charge in [-0.05, 0) is 95.4 Å². The first kappa shape index (κ1) is 24.2. The maximum Gasteiger partial charge on any atom is 0.318 e. The highest BCUT2D eigenvalue weighted by Gasteiger charge is 2.44. The van der Waals surface area contributed by atoms with Gasteiger partial charge in [-0.2, -0.15) is 9.97 Å². The van der Waals surface area contributed by atoms with Crippen molar-refractivity contribution in [2.24, 2.45) is 0 Å². The summed E-state index contributed by atoms with van der Waals surface area (Å²) in [6.07, 6.45) is 10.3. The van der Waals surface area contributed by atoms with Crippen LogP contribution >= 0.6 is 11.6 Å². The summed E-state index contributed by atoms with van der Waals surface area (Å²) >= 11 is 6.63. The largest absolute Gasteiger partial charge is 0.462 e. The van der Waals surface area contributed by atoms with Gasteiger partial charge in [0.2, 0.25) is 0 Å². The zero-order valence-corrected chi connectivity index (χ0v) is 23.1. The molecule has 4 atom stereocenters. The van der Waals surface area contributed by atoms with Crippen molar-refractivity contribution in [2.45, 2.75) is 101 Å². The molecular weight excluding hydrogens is 482 g/mol. The van der Waals surface area contributed by atoms with E-state index >= 15 is 0 Å². The topological polar surface area (TPSA) is 53.5 Å². The Morgan fingerprint density at radius 2 is 1.86 bits per heavy atom. The third kappa shape index (κ3) is 4.24. The summed E-state index contributed by atoms with van der Waals surface area (Å²) < 4.78 is 6.45. The number of fused-ring (bicyclic) bond motifs is 5. The molecule has 4 heterocycles. The predicted molar refractivity (Wildman–Crippen MR) is 148 cm³/mol. The first-order valence-electron chi connectivity index (χ1n) is 14.6. The second kappa shape index (κ2) is 9.39. The first-order valence-corrected chi connectivity index (χ1v) is 14.9. The molecule has 0 amide bonds. The molecule has 6 nitrogen and oxygen atoms in total. The van der Waals surface area contributed by atoms with Crippen molar-refractivity contribution in [2.75, 3.05) is 31.1 Å². The average Bonchev–Trinajstić information content (AvgIpc) is 3.60.